The highest BCUT2D eigenvalue weighted by Gasteiger charge is 2.22. The first-order valence-corrected chi connectivity index (χ1v) is 6.45. The molecule has 1 saturated heterocycles. The van der Waals surface area contributed by atoms with Crippen molar-refractivity contribution in [1.29, 1.82) is 0 Å². The van der Waals surface area contributed by atoms with Crippen molar-refractivity contribution in [2.75, 3.05) is 6.61 Å². The number of benzene rings is 1. The molecule has 0 saturated carbocycles. The van der Waals surface area contributed by atoms with Crippen LogP contribution >= 0.6 is 0 Å². The SMILES string of the molecule is O=C1CCC(COc2ccc3c(c2)CCC3O)N1. The fraction of sp³-hybridized carbons (Fsp3) is 0.500. The third-order valence-electron chi connectivity index (χ3n) is 3.70. The number of aliphatic hydroxyl groups excluding tert-OH is 1. The van der Waals surface area contributed by atoms with Crippen LogP contribution < -0.4 is 10.1 Å². The molecule has 1 aromatic rings. The van der Waals surface area contributed by atoms with Gasteiger partial charge >= 0.3 is 0 Å². The maximum absolute atomic E-state index is 11.1. The number of nitrogens with one attached hydrogen (secondary N) is 1. The van der Waals surface area contributed by atoms with Crippen molar-refractivity contribution in [3.63, 3.8) is 0 Å². The Labute approximate surface area is 106 Å². The molecule has 1 fully saturated rings. The number of fused-ring (bicyclic) bond motifs is 1. The monoisotopic (exact) mass is 247 g/mol. The lowest BCUT2D eigenvalue weighted by molar-refractivity contribution is -0.119. The molecule has 2 unspecified atom stereocenters. The number of aryl methyl sites for hydroxylation is 1. The van der Waals surface area contributed by atoms with E-state index in [0.717, 1.165) is 30.6 Å². The number of rotatable bonds is 3. The number of carbonyl (C=O) groups is 1. The van der Waals surface area contributed by atoms with E-state index in [2.05, 4.69) is 5.32 Å². The minimum atomic E-state index is -0.317. The maximum atomic E-state index is 11.1. The molecule has 1 aromatic carbocycles. The van der Waals surface area contributed by atoms with Crippen molar-refractivity contribution in [2.24, 2.45) is 0 Å². The summed E-state index contributed by atoms with van der Waals surface area (Å²) in [6, 6.07) is 5.97. The third kappa shape index (κ3) is 2.20. The summed E-state index contributed by atoms with van der Waals surface area (Å²) < 4.78 is 5.70. The van der Waals surface area contributed by atoms with E-state index >= 15 is 0 Å². The van der Waals surface area contributed by atoms with Crippen LogP contribution in [0.3, 0.4) is 0 Å². The van der Waals surface area contributed by atoms with Crippen molar-refractivity contribution in [1.82, 2.24) is 5.32 Å². The van der Waals surface area contributed by atoms with Gasteiger partial charge in [-0.2, -0.15) is 0 Å². The molecule has 1 aliphatic carbocycles. The Kier molecular flexibility index (Phi) is 2.96. The average molecular weight is 247 g/mol. The largest absolute Gasteiger partial charge is 0.491 e. The second-order valence-electron chi connectivity index (χ2n) is 5.03. The Morgan fingerprint density at radius 1 is 1.33 bits per heavy atom. The summed E-state index contributed by atoms with van der Waals surface area (Å²) in [5, 5.41) is 12.6. The summed E-state index contributed by atoms with van der Waals surface area (Å²) in [4.78, 5) is 11.1. The van der Waals surface area contributed by atoms with E-state index in [9.17, 15) is 9.90 Å². The molecule has 1 aliphatic heterocycles. The Bertz CT molecular complexity index is 472. The molecular weight excluding hydrogens is 230 g/mol. The summed E-state index contributed by atoms with van der Waals surface area (Å²) in [6.07, 6.45) is 2.85. The molecule has 0 bridgehead atoms. The van der Waals surface area contributed by atoms with E-state index in [0.29, 0.717) is 13.0 Å². The Morgan fingerprint density at radius 3 is 3.00 bits per heavy atom. The van der Waals surface area contributed by atoms with Gasteiger partial charge in [-0.1, -0.05) is 6.07 Å². The van der Waals surface area contributed by atoms with Gasteiger partial charge < -0.3 is 15.2 Å². The van der Waals surface area contributed by atoms with Crippen LogP contribution in [0.15, 0.2) is 18.2 Å². The molecular formula is C14H17NO3. The minimum absolute atomic E-state index is 0.112. The number of hydrogen-bond donors (Lipinski definition) is 2. The lowest BCUT2D eigenvalue weighted by Gasteiger charge is -2.13. The molecule has 18 heavy (non-hydrogen) atoms. The van der Waals surface area contributed by atoms with E-state index < -0.39 is 0 Å². The molecule has 0 aromatic heterocycles. The summed E-state index contributed by atoms with van der Waals surface area (Å²) in [5.74, 6) is 0.935. The zero-order valence-corrected chi connectivity index (χ0v) is 10.2. The number of hydrogen-bond acceptors (Lipinski definition) is 3. The predicted octanol–water partition coefficient (Wildman–Crippen LogP) is 1.32. The number of amides is 1. The van der Waals surface area contributed by atoms with Gasteiger partial charge in [-0.3, -0.25) is 4.79 Å². The van der Waals surface area contributed by atoms with Gasteiger partial charge in [0.15, 0.2) is 0 Å². The Hall–Kier alpha value is -1.55. The quantitative estimate of drug-likeness (QED) is 0.847. The molecule has 4 heteroatoms. The summed E-state index contributed by atoms with van der Waals surface area (Å²) in [7, 11) is 0. The Balaban J connectivity index is 1.62. The van der Waals surface area contributed by atoms with Crippen molar-refractivity contribution < 1.29 is 14.6 Å². The number of carbonyl (C=O) groups excluding carboxylic acids is 1. The number of ether oxygens (including phenoxy) is 1. The number of aliphatic hydroxyl groups is 1. The fourth-order valence-electron chi connectivity index (χ4n) is 2.66. The standard InChI is InChI=1S/C14H17NO3/c16-13-5-1-9-7-11(3-4-12(9)13)18-8-10-2-6-14(17)15-10/h3-4,7,10,13,16H,1-2,5-6,8H2,(H,15,17). The van der Waals surface area contributed by atoms with Crippen LogP contribution in [-0.2, 0) is 11.2 Å². The van der Waals surface area contributed by atoms with Crippen LogP contribution in [0.4, 0.5) is 0 Å². The summed E-state index contributed by atoms with van der Waals surface area (Å²) >= 11 is 0. The van der Waals surface area contributed by atoms with Gasteiger partial charge in [0.2, 0.25) is 5.91 Å². The van der Waals surface area contributed by atoms with Crippen molar-refractivity contribution in [3.8, 4) is 5.75 Å². The smallest absolute Gasteiger partial charge is 0.220 e. The molecule has 2 aliphatic rings. The first-order chi connectivity index (χ1) is 8.72. The molecule has 96 valence electrons. The molecule has 2 atom stereocenters. The lowest BCUT2D eigenvalue weighted by atomic mass is 10.1. The highest BCUT2D eigenvalue weighted by atomic mass is 16.5. The second-order valence-corrected chi connectivity index (χ2v) is 5.03. The van der Waals surface area contributed by atoms with Crippen LogP contribution in [0.25, 0.3) is 0 Å². The van der Waals surface area contributed by atoms with Crippen molar-refractivity contribution in [3.05, 3.63) is 29.3 Å². The van der Waals surface area contributed by atoms with Crippen molar-refractivity contribution >= 4 is 5.91 Å². The van der Waals surface area contributed by atoms with E-state index in [-0.39, 0.29) is 18.1 Å². The molecule has 4 nitrogen and oxygen atoms in total. The molecule has 3 rings (SSSR count). The molecule has 2 N–H and O–H groups in total. The molecule has 1 amide bonds. The van der Waals surface area contributed by atoms with Gasteiger partial charge in [0.25, 0.3) is 0 Å². The Morgan fingerprint density at radius 2 is 2.22 bits per heavy atom. The van der Waals surface area contributed by atoms with Crippen LogP contribution in [0.5, 0.6) is 5.75 Å². The zero-order valence-electron chi connectivity index (χ0n) is 10.2. The van der Waals surface area contributed by atoms with E-state index in [1.165, 1.54) is 5.56 Å². The first-order valence-electron chi connectivity index (χ1n) is 6.45. The highest BCUT2D eigenvalue weighted by Crippen LogP contribution is 2.33. The molecule has 1 heterocycles. The molecule has 0 spiro atoms. The lowest BCUT2D eigenvalue weighted by Crippen LogP contribution is -2.30. The molecule has 0 radical (unpaired) electrons. The summed E-state index contributed by atoms with van der Waals surface area (Å²) in [6.45, 7) is 0.521. The van der Waals surface area contributed by atoms with Gasteiger partial charge in [-0.15, -0.1) is 0 Å². The fourth-order valence-corrected chi connectivity index (χ4v) is 2.66. The van der Waals surface area contributed by atoms with E-state index in [4.69, 9.17) is 4.74 Å². The maximum Gasteiger partial charge on any atom is 0.220 e. The zero-order chi connectivity index (χ0) is 12.5. The average Bonchev–Trinajstić information content (AvgIpc) is 2.94. The predicted molar refractivity (Wildman–Crippen MR) is 66.4 cm³/mol. The van der Waals surface area contributed by atoms with Gasteiger partial charge in [0, 0.05) is 6.42 Å². The minimum Gasteiger partial charge on any atom is -0.491 e. The van der Waals surface area contributed by atoms with Gasteiger partial charge in [0.1, 0.15) is 12.4 Å². The topological polar surface area (TPSA) is 58.6 Å². The van der Waals surface area contributed by atoms with Gasteiger partial charge in [-0.25, -0.2) is 0 Å². The highest BCUT2D eigenvalue weighted by molar-refractivity contribution is 5.78. The normalized spacial score (nSPS) is 25.9. The van der Waals surface area contributed by atoms with E-state index in [1.54, 1.807) is 0 Å². The van der Waals surface area contributed by atoms with Crippen LogP contribution in [0.1, 0.15) is 36.5 Å². The second kappa shape index (κ2) is 4.61. The van der Waals surface area contributed by atoms with E-state index in [1.807, 2.05) is 18.2 Å². The van der Waals surface area contributed by atoms with Crippen LogP contribution in [-0.4, -0.2) is 23.7 Å². The van der Waals surface area contributed by atoms with Gasteiger partial charge in [-0.05, 0) is 42.5 Å². The van der Waals surface area contributed by atoms with Crippen LogP contribution in [0.2, 0.25) is 0 Å². The first kappa shape index (κ1) is 11.5. The van der Waals surface area contributed by atoms with Gasteiger partial charge in [0.05, 0.1) is 12.1 Å². The third-order valence-corrected chi connectivity index (χ3v) is 3.70. The van der Waals surface area contributed by atoms with Crippen molar-refractivity contribution in [2.45, 2.75) is 37.8 Å². The summed E-state index contributed by atoms with van der Waals surface area (Å²) in [5.41, 5.74) is 2.20. The van der Waals surface area contributed by atoms with Crippen LogP contribution in [0, 0.1) is 0 Å².